The van der Waals surface area contributed by atoms with Gasteiger partial charge in [0.2, 0.25) is 5.91 Å². The Kier molecular flexibility index (Phi) is 5.53. The van der Waals surface area contributed by atoms with Gasteiger partial charge in [-0.3, -0.25) is 15.0 Å². The lowest BCUT2D eigenvalue weighted by molar-refractivity contribution is -0.144. The van der Waals surface area contributed by atoms with Crippen LogP contribution in [0.2, 0.25) is 0 Å². The number of hydrazine groups is 1. The van der Waals surface area contributed by atoms with Crippen LogP contribution >= 0.6 is 0 Å². The maximum absolute atomic E-state index is 12.9. The molecule has 3 heterocycles. The van der Waals surface area contributed by atoms with Gasteiger partial charge in [-0.25, -0.2) is 14.3 Å². The summed E-state index contributed by atoms with van der Waals surface area (Å²) in [6.45, 7) is 5.26. The average Bonchev–Trinajstić information content (AvgIpc) is 3.26. The average molecular weight is 467 g/mol. The maximum Gasteiger partial charge on any atom is 0.453 e. The topological polar surface area (TPSA) is 122 Å². The van der Waals surface area contributed by atoms with Crippen molar-refractivity contribution >= 4 is 23.6 Å². The van der Waals surface area contributed by atoms with E-state index in [-0.39, 0.29) is 18.6 Å². The van der Waals surface area contributed by atoms with Gasteiger partial charge in [0.15, 0.2) is 0 Å². The molecule has 33 heavy (non-hydrogen) atoms. The zero-order chi connectivity index (χ0) is 24.1. The van der Waals surface area contributed by atoms with Crippen LogP contribution in [0.25, 0.3) is 5.78 Å². The van der Waals surface area contributed by atoms with Gasteiger partial charge in [-0.2, -0.15) is 23.2 Å². The Morgan fingerprint density at radius 3 is 2.52 bits per heavy atom. The van der Waals surface area contributed by atoms with Gasteiger partial charge < -0.3 is 5.32 Å². The third-order valence-electron chi connectivity index (χ3n) is 6.43. The maximum atomic E-state index is 12.9. The number of rotatable bonds is 4. The van der Waals surface area contributed by atoms with E-state index >= 15 is 0 Å². The molecule has 4 rings (SSSR count). The van der Waals surface area contributed by atoms with Crippen molar-refractivity contribution < 1.29 is 27.6 Å². The van der Waals surface area contributed by atoms with Crippen LogP contribution in [0.1, 0.15) is 61.8 Å². The summed E-state index contributed by atoms with van der Waals surface area (Å²) in [6.07, 6.45) is -2.04. The van der Waals surface area contributed by atoms with E-state index in [1.54, 1.807) is 13.8 Å². The molecule has 0 unspecified atom stereocenters. The molecule has 0 bridgehead atoms. The molecule has 1 spiro atoms. The highest BCUT2D eigenvalue weighted by Crippen LogP contribution is 2.35. The Balaban J connectivity index is 1.45. The number of halogens is 3. The molecule has 4 amide bonds. The Morgan fingerprint density at radius 2 is 1.88 bits per heavy atom. The zero-order valence-electron chi connectivity index (χ0n) is 18.4. The summed E-state index contributed by atoms with van der Waals surface area (Å²) >= 11 is 0. The number of alkyl halides is 3. The number of aryl methyl sites for hydroxylation is 2. The molecule has 0 aromatic carbocycles. The fraction of sp³-hybridized carbons (Fsp3) is 0.600. The normalized spacial score (nSPS) is 23.5. The molecular weight excluding hydrogens is 443 g/mol. The van der Waals surface area contributed by atoms with Gasteiger partial charge in [-0.05, 0) is 57.4 Å². The van der Waals surface area contributed by atoms with Gasteiger partial charge in [0.25, 0.3) is 17.5 Å². The number of amides is 4. The van der Waals surface area contributed by atoms with E-state index in [0.29, 0.717) is 35.7 Å². The second-order valence-electron chi connectivity index (χ2n) is 8.78. The lowest BCUT2D eigenvalue weighted by atomic mass is 9.77. The van der Waals surface area contributed by atoms with Crippen molar-refractivity contribution in [3.63, 3.8) is 0 Å². The number of carbonyl (C=O) groups excluding carboxylic acids is 3. The predicted molar refractivity (Wildman–Crippen MR) is 107 cm³/mol. The summed E-state index contributed by atoms with van der Waals surface area (Å²) in [5.74, 6) is -2.05. The molecule has 10 nitrogen and oxygen atoms in total. The smallest absolute Gasteiger partial charge is 0.322 e. The number of aromatic nitrogens is 4. The molecule has 0 radical (unpaired) electrons. The van der Waals surface area contributed by atoms with Crippen molar-refractivity contribution in [1.82, 2.24) is 35.3 Å². The predicted octanol–water partition coefficient (Wildman–Crippen LogP) is 2.22. The number of hydrogen-bond donors (Lipinski definition) is 2. The van der Waals surface area contributed by atoms with E-state index in [9.17, 15) is 27.6 Å². The van der Waals surface area contributed by atoms with Crippen molar-refractivity contribution in [2.45, 2.75) is 71.0 Å². The molecule has 13 heteroatoms. The first-order valence-corrected chi connectivity index (χ1v) is 10.7. The van der Waals surface area contributed by atoms with E-state index in [2.05, 4.69) is 32.7 Å². The van der Waals surface area contributed by atoms with Crippen LogP contribution in [-0.4, -0.2) is 48.0 Å². The summed E-state index contributed by atoms with van der Waals surface area (Å²) in [5, 5.41) is 6.93. The van der Waals surface area contributed by atoms with Gasteiger partial charge in [0.1, 0.15) is 5.54 Å². The Labute approximate surface area is 186 Å². The van der Waals surface area contributed by atoms with Gasteiger partial charge in [-0.15, -0.1) is 5.10 Å². The molecule has 2 aliphatic rings. The zero-order valence-corrected chi connectivity index (χ0v) is 18.4. The highest BCUT2D eigenvalue weighted by molar-refractivity contribution is 6.08. The van der Waals surface area contributed by atoms with E-state index in [1.165, 1.54) is 0 Å². The SMILES string of the molecule is Cc1nc2nc(C(F)(F)F)nn2c(C)c1CCC(=O)NN1C(=O)NC2(CCC(C)CC2)C1=O. The molecule has 1 aliphatic carbocycles. The minimum absolute atomic E-state index is 0.114. The molecule has 2 N–H and O–H groups in total. The summed E-state index contributed by atoms with van der Waals surface area (Å²) in [6, 6.07) is -0.666. The third kappa shape index (κ3) is 4.11. The van der Waals surface area contributed by atoms with Gasteiger partial charge >= 0.3 is 12.2 Å². The quantitative estimate of drug-likeness (QED) is 0.665. The molecule has 2 aromatic rings. The van der Waals surface area contributed by atoms with Crippen LogP contribution in [0.3, 0.4) is 0 Å². The van der Waals surface area contributed by atoms with Crippen molar-refractivity contribution in [3.05, 3.63) is 22.8 Å². The first-order chi connectivity index (χ1) is 15.4. The van der Waals surface area contributed by atoms with Gasteiger partial charge in [0, 0.05) is 17.8 Å². The van der Waals surface area contributed by atoms with Gasteiger partial charge in [0.05, 0.1) is 0 Å². The first-order valence-electron chi connectivity index (χ1n) is 10.7. The van der Waals surface area contributed by atoms with Crippen molar-refractivity contribution in [3.8, 4) is 0 Å². The molecule has 178 valence electrons. The third-order valence-corrected chi connectivity index (χ3v) is 6.43. The largest absolute Gasteiger partial charge is 0.453 e. The van der Waals surface area contributed by atoms with E-state index < -0.39 is 35.4 Å². The van der Waals surface area contributed by atoms with Crippen molar-refractivity contribution in [2.24, 2.45) is 5.92 Å². The molecule has 1 saturated heterocycles. The lowest BCUT2D eigenvalue weighted by Crippen LogP contribution is -2.51. The number of carbonyl (C=O) groups is 3. The number of imide groups is 1. The fourth-order valence-corrected chi connectivity index (χ4v) is 4.43. The minimum Gasteiger partial charge on any atom is -0.322 e. The number of nitrogens with zero attached hydrogens (tertiary/aromatic N) is 5. The fourth-order valence-electron chi connectivity index (χ4n) is 4.43. The highest BCUT2D eigenvalue weighted by atomic mass is 19.4. The second kappa shape index (κ2) is 7.96. The van der Waals surface area contributed by atoms with E-state index in [4.69, 9.17) is 0 Å². The summed E-state index contributed by atoms with van der Waals surface area (Å²) in [5.41, 5.74) is 2.71. The standard InChI is InChI=1S/C20H24F3N7O3/c1-10-6-8-19(9-7-10)16(32)30(18(33)26-19)27-14(31)5-4-13-11(2)24-17-25-15(20(21,22)23)28-29(17)12(13)3/h10H,4-9H2,1-3H3,(H,26,33)(H,27,31). The first kappa shape index (κ1) is 22.9. The van der Waals surface area contributed by atoms with Crippen LogP contribution in [-0.2, 0) is 22.2 Å². The highest BCUT2D eigenvalue weighted by Gasteiger charge is 2.52. The molecule has 1 aliphatic heterocycles. The van der Waals surface area contributed by atoms with Crippen LogP contribution in [0.4, 0.5) is 18.0 Å². The summed E-state index contributed by atoms with van der Waals surface area (Å²) in [4.78, 5) is 45.2. The number of urea groups is 1. The van der Waals surface area contributed by atoms with Crippen molar-refractivity contribution in [1.29, 1.82) is 0 Å². The Hall–Kier alpha value is -3.25. The summed E-state index contributed by atoms with van der Waals surface area (Å²) < 4.78 is 39.8. The van der Waals surface area contributed by atoms with E-state index in [0.717, 1.165) is 22.4 Å². The molecule has 0 atom stereocenters. The lowest BCUT2D eigenvalue weighted by Gasteiger charge is -2.33. The van der Waals surface area contributed by atoms with Crippen LogP contribution in [0, 0.1) is 19.8 Å². The van der Waals surface area contributed by atoms with Crippen LogP contribution in [0.15, 0.2) is 0 Å². The van der Waals surface area contributed by atoms with Crippen LogP contribution < -0.4 is 10.7 Å². The molecule has 2 aromatic heterocycles. The number of fused-ring (bicyclic) bond motifs is 1. The second-order valence-corrected chi connectivity index (χ2v) is 8.78. The number of nitrogens with one attached hydrogen (secondary N) is 2. The molecule has 1 saturated carbocycles. The van der Waals surface area contributed by atoms with Gasteiger partial charge in [-0.1, -0.05) is 6.92 Å². The monoisotopic (exact) mass is 467 g/mol. The minimum atomic E-state index is -4.70. The van der Waals surface area contributed by atoms with Crippen molar-refractivity contribution in [2.75, 3.05) is 0 Å². The molecular formula is C20H24F3N7O3. The van der Waals surface area contributed by atoms with E-state index in [1.807, 2.05) is 0 Å². The number of hydrogen-bond acceptors (Lipinski definition) is 6. The molecule has 2 fully saturated rings. The Bertz CT molecular complexity index is 1140. The Morgan fingerprint density at radius 1 is 1.21 bits per heavy atom. The van der Waals surface area contributed by atoms with Crippen LogP contribution in [0.5, 0.6) is 0 Å². The summed E-state index contributed by atoms with van der Waals surface area (Å²) in [7, 11) is 0.